The molecule has 0 saturated carbocycles. The Morgan fingerprint density at radius 2 is 1.92 bits per heavy atom. The quantitative estimate of drug-likeness (QED) is 0.640. The highest BCUT2D eigenvalue weighted by molar-refractivity contribution is 6.30. The number of aryl methyl sites for hydroxylation is 1. The molecule has 0 aliphatic heterocycles. The van der Waals surface area contributed by atoms with E-state index < -0.39 is 30.1 Å². The number of ether oxygens (including phenoxy) is 1. The summed E-state index contributed by atoms with van der Waals surface area (Å²) in [5.74, 6) is -2.37. The van der Waals surface area contributed by atoms with Gasteiger partial charge in [0.2, 0.25) is 0 Å². The Balaban J connectivity index is 1.84. The van der Waals surface area contributed by atoms with Crippen LogP contribution in [0.15, 0.2) is 42.5 Å². The third-order valence-corrected chi connectivity index (χ3v) is 3.45. The van der Waals surface area contributed by atoms with E-state index in [9.17, 15) is 18.4 Å². The van der Waals surface area contributed by atoms with Crippen LogP contribution in [0.2, 0.25) is 5.02 Å². The van der Waals surface area contributed by atoms with Crippen molar-refractivity contribution in [2.45, 2.75) is 6.92 Å². The molecule has 0 aliphatic carbocycles. The number of hydrogen-bond donors (Lipinski definition) is 1. The lowest BCUT2D eigenvalue weighted by atomic mass is 10.2. The van der Waals surface area contributed by atoms with Gasteiger partial charge in [-0.2, -0.15) is 0 Å². The summed E-state index contributed by atoms with van der Waals surface area (Å²) in [4.78, 5) is 23.2. The third kappa shape index (κ3) is 5.69. The Labute approximate surface area is 148 Å². The minimum absolute atomic E-state index is 0.0692. The maximum Gasteiger partial charge on any atom is 0.331 e. The fourth-order valence-electron chi connectivity index (χ4n) is 1.83. The van der Waals surface area contributed by atoms with Crippen molar-refractivity contribution in [2.24, 2.45) is 0 Å². The van der Waals surface area contributed by atoms with Crippen LogP contribution in [0.5, 0.6) is 0 Å². The summed E-state index contributed by atoms with van der Waals surface area (Å²) < 4.78 is 31.2. The van der Waals surface area contributed by atoms with Gasteiger partial charge in [0.05, 0.1) is 5.02 Å². The predicted octanol–water partition coefficient (Wildman–Crippen LogP) is 4.12. The molecule has 2 aromatic carbocycles. The molecule has 0 radical (unpaired) electrons. The van der Waals surface area contributed by atoms with Gasteiger partial charge in [0.25, 0.3) is 5.91 Å². The number of benzene rings is 2. The second kappa shape index (κ2) is 8.39. The SMILES string of the molecule is Cc1ccc(NC(=O)COC(=O)/C=C/c2ccc(F)c(Cl)c2)cc1F. The van der Waals surface area contributed by atoms with Gasteiger partial charge in [-0.05, 0) is 48.4 Å². The van der Waals surface area contributed by atoms with E-state index in [1.807, 2.05) is 0 Å². The van der Waals surface area contributed by atoms with Crippen LogP contribution >= 0.6 is 11.6 Å². The molecule has 0 fully saturated rings. The third-order valence-electron chi connectivity index (χ3n) is 3.16. The first-order chi connectivity index (χ1) is 11.8. The average Bonchev–Trinajstić information content (AvgIpc) is 2.57. The van der Waals surface area contributed by atoms with Gasteiger partial charge in [-0.1, -0.05) is 23.7 Å². The second-order valence-corrected chi connectivity index (χ2v) is 5.53. The normalized spacial score (nSPS) is 10.7. The molecule has 0 saturated heterocycles. The fraction of sp³-hybridized carbons (Fsp3) is 0.111. The van der Waals surface area contributed by atoms with Gasteiger partial charge in [0.15, 0.2) is 6.61 Å². The highest BCUT2D eigenvalue weighted by atomic mass is 35.5. The molecule has 2 aromatic rings. The number of anilines is 1. The zero-order valence-corrected chi connectivity index (χ0v) is 13.9. The van der Waals surface area contributed by atoms with Crippen molar-refractivity contribution in [3.63, 3.8) is 0 Å². The first-order valence-electron chi connectivity index (χ1n) is 7.21. The minimum Gasteiger partial charge on any atom is -0.452 e. The van der Waals surface area contributed by atoms with E-state index in [2.05, 4.69) is 5.32 Å². The van der Waals surface area contributed by atoms with E-state index in [-0.39, 0.29) is 10.7 Å². The fourth-order valence-corrected chi connectivity index (χ4v) is 2.02. The van der Waals surface area contributed by atoms with Crippen molar-refractivity contribution in [1.82, 2.24) is 0 Å². The molecular weight excluding hydrogens is 352 g/mol. The smallest absolute Gasteiger partial charge is 0.331 e. The zero-order chi connectivity index (χ0) is 18.4. The number of rotatable bonds is 5. The number of hydrogen-bond acceptors (Lipinski definition) is 3. The van der Waals surface area contributed by atoms with Gasteiger partial charge in [0, 0.05) is 11.8 Å². The van der Waals surface area contributed by atoms with E-state index in [1.165, 1.54) is 42.5 Å². The average molecular weight is 366 g/mol. The minimum atomic E-state index is -0.759. The number of carbonyl (C=O) groups is 2. The summed E-state index contributed by atoms with van der Waals surface area (Å²) in [6, 6.07) is 8.18. The Bertz CT molecular complexity index is 837. The topological polar surface area (TPSA) is 55.4 Å². The molecule has 0 atom stereocenters. The molecule has 130 valence electrons. The van der Waals surface area contributed by atoms with Crippen molar-refractivity contribution in [3.05, 3.63) is 70.3 Å². The molecule has 7 heteroatoms. The van der Waals surface area contributed by atoms with Gasteiger partial charge >= 0.3 is 5.97 Å². The van der Waals surface area contributed by atoms with Crippen LogP contribution in [0, 0.1) is 18.6 Å². The summed E-state index contributed by atoms with van der Waals surface area (Å²) in [7, 11) is 0. The molecule has 0 aliphatic rings. The first-order valence-corrected chi connectivity index (χ1v) is 7.59. The Kier molecular flexibility index (Phi) is 6.25. The van der Waals surface area contributed by atoms with Gasteiger partial charge in [-0.3, -0.25) is 4.79 Å². The Hall–Kier alpha value is -2.73. The molecule has 1 amide bonds. The largest absolute Gasteiger partial charge is 0.452 e. The summed E-state index contributed by atoms with van der Waals surface area (Å²) in [5.41, 5.74) is 1.22. The number of amides is 1. The molecule has 0 heterocycles. The lowest BCUT2D eigenvalue weighted by molar-refractivity contribution is -0.142. The van der Waals surface area contributed by atoms with Crippen molar-refractivity contribution >= 4 is 35.2 Å². The maximum atomic E-state index is 13.4. The highest BCUT2D eigenvalue weighted by Gasteiger charge is 2.07. The van der Waals surface area contributed by atoms with Gasteiger partial charge in [0.1, 0.15) is 11.6 Å². The van der Waals surface area contributed by atoms with Crippen LogP contribution < -0.4 is 5.32 Å². The van der Waals surface area contributed by atoms with Crippen LogP contribution in [0.25, 0.3) is 6.08 Å². The summed E-state index contributed by atoms with van der Waals surface area (Å²) >= 11 is 5.63. The van der Waals surface area contributed by atoms with Crippen molar-refractivity contribution in [1.29, 1.82) is 0 Å². The molecule has 0 bridgehead atoms. The number of carbonyl (C=O) groups excluding carboxylic acids is 2. The summed E-state index contributed by atoms with van der Waals surface area (Å²) in [5, 5.41) is 2.34. The van der Waals surface area contributed by atoms with Crippen LogP contribution in [0.1, 0.15) is 11.1 Å². The van der Waals surface area contributed by atoms with E-state index >= 15 is 0 Å². The van der Waals surface area contributed by atoms with E-state index in [4.69, 9.17) is 16.3 Å². The van der Waals surface area contributed by atoms with Crippen molar-refractivity contribution in [3.8, 4) is 0 Å². The van der Waals surface area contributed by atoms with Gasteiger partial charge < -0.3 is 10.1 Å². The highest BCUT2D eigenvalue weighted by Crippen LogP contribution is 2.17. The van der Waals surface area contributed by atoms with E-state index in [1.54, 1.807) is 6.92 Å². The molecule has 0 unspecified atom stereocenters. The Morgan fingerprint density at radius 1 is 1.16 bits per heavy atom. The van der Waals surface area contributed by atoms with Crippen LogP contribution in [-0.4, -0.2) is 18.5 Å². The monoisotopic (exact) mass is 365 g/mol. The lowest BCUT2D eigenvalue weighted by Crippen LogP contribution is -2.20. The summed E-state index contributed by atoms with van der Waals surface area (Å²) in [6.45, 7) is 1.08. The maximum absolute atomic E-state index is 13.4. The van der Waals surface area contributed by atoms with Crippen molar-refractivity contribution in [2.75, 3.05) is 11.9 Å². The second-order valence-electron chi connectivity index (χ2n) is 5.13. The Morgan fingerprint density at radius 3 is 2.60 bits per heavy atom. The van der Waals surface area contributed by atoms with E-state index in [0.29, 0.717) is 11.1 Å². The standard InChI is InChI=1S/C18H14ClF2NO3/c1-11-2-5-13(9-16(11)21)22-17(23)10-25-18(24)7-4-12-3-6-15(20)14(19)8-12/h2-9H,10H2,1H3,(H,22,23)/b7-4+. The predicted molar refractivity (Wildman–Crippen MR) is 91.2 cm³/mol. The number of nitrogens with one attached hydrogen (secondary N) is 1. The van der Waals surface area contributed by atoms with Gasteiger partial charge in [-0.15, -0.1) is 0 Å². The first kappa shape index (κ1) is 18.6. The molecule has 0 spiro atoms. The number of halogens is 3. The molecule has 25 heavy (non-hydrogen) atoms. The van der Waals surface area contributed by atoms with Crippen LogP contribution in [0.4, 0.5) is 14.5 Å². The van der Waals surface area contributed by atoms with Crippen molar-refractivity contribution < 1.29 is 23.1 Å². The molecule has 4 nitrogen and oxygen atoms in total. The molecule has 2 rings (SSSR count). The zero-order valence-electron chi connectivity index (χ0n) is 13.2. The van der Waals surface area contributed by atoms with Crippen LogP contribution in [0.3, 0.4) is 0 Å². The van der Waals surface area contributed by atoms with E-state index in [0.717, 1.165) is 6.08 Å². The molecule has 1 N–H and O–H groups in total. The lowest BCUT2D eigenvalue weighted by Gasteiger charge is -2.06. The molecule has 0 aromatic heterocycles. The molecular formula is C18H14ClF2NO3. The summed E-state index contributed by atoms with van der Waals surface area (Å²) in [6.07, 6.45) is 2.46. The van der Waals surface area contributed by atoms with Crippen LogP contribution in [-0.2, 0) is 14.3 Å². The van der Waals surface area contributed by atoms with Gasteiger partial charge in [-0.25, -0.2) is 13.6 Å². The number of esters is 1.